The first-order chi connectivity index (χ1) is 11.0. The van der Waals surface area contributed by atoms with E-state index in [4.69, 9.17) is 0 Å². The number of benzene rings is 1. The lowest BCUT2D eigenvalue weighted by atomic mass is 10.0. The van der Waals surface area contributed by atoms with Crippen LogP contribution < -0.4 is 4.90 Å². The van der Waals surface area contributed by atoms with E-state index in [1.54, 1.807) is 0 Å². The molecule has 0 aliphatic carbocycles. The lowest BCUT2D eigenvalue weighted by Gasteiger charge is -2.33. The van der Waals surface area contributed by atoms with Gasteiger partial charge in [-0.3, -0.25) is 4.98 Å². The molecule has 2 nitrogen and oxygen atoms in total. The highest BCUT2D eigenvalue weighted by molar-refractivity contribution is 5.68. The van der Waals surface area contributed by atoms with Crippen LogP contribution in [0.25, 0.3) is 0 Å². The Morgan fingerprint density at radius 1 is 1.04 bits per heavy atom. The van der Waals surface area contributed by atoms with E-state index in [0.29, 0.717) is 6.04 Å². The first-order valence-corrected chi connectivity index (χ1v) is 8.80. The molecule has 0 radical (unpaired) electrons. The fourth-order valence-electron chi connectivity index (χ4n) is 3.05. The number of pyridine rings is 1. The molecule has 0 saturated heterocycles. The van der Waals surface area contributed by atoms with Crippen LogP contribution in [-0.2, 0) is 6.42 Å². The molecule has 124 valence electrons. The Morgan fingerprint density at radius 2 is 1.70 bits per heavy atom. The van der Waals surface area contributed by atoms with Crippen molar-refractivity contribution in [1.82, 2.24) is 4.98 Å². The summed E-state index contributed by atoms with van der Waals surface area (Å²) in [5.41, 5.74) is 7.45. The van der Waals surface area contributed by atoms with Gasteiger partial charge in [0.25, 0.3) is 0 Å². The van der Waals surface area contributed by atoms with Gasteiger partial charge in [-0.2, -0.15) is 0 Å². The number of rotatable bonds is 6. The molecule has 0 aliphatic rings. The standard InChI is InChI=1S/C21H30N2/c1-7-9-19-10-12-20(13-11-19)23(16(4)8-2)21-14-15(3)22-18(6)17(21)5/h10-14,16H,7-9H2,1-6H3. The molecule has 1 aromatic carbocycles. The van der Waals surface area contributed by atoms with Crippen LogP contribution in [0.15, 0.2) is 30.3 Å². The Morgan fingerprint density at radius 3 is 2.26 bits per heavy atom. The van der Waals surface area contributed by atoms with Crippen LogP contribution in [0.5, 0.6) is 0 Å². The van der Waals surface area contributed by atoms with Crippen LogP contribution in [0.2, 0.25) is 0 Å². The van der Waals surface area contributed by atoms with Gasteiger partial charge < -0.3 is 4.90 Å². The van der Waals surface area contributed by atoms with Gasteiger partial charge in [-0.25, -0.2) is 0 Å². The predicted molar refractivity (Wildman–Crippen MR) is 101 cm³/mol. The summed E-state index contributed by atoms with van der Waals surface area (Å²) in [6, 6.07) is 11.7. The van der Waals surface area contributed by atoms with Crippen molar-refractivity contribution in [2.45, 2.75) is 66.8 Å². The molecule has 0 saturated carbocycles. The zero-order chi connectivity index (χ0) is 17.0. The molecule has 1 unspecified atom stereocenters. The van der Waals surface area contributed by atoms with Crippen LogP contribution in [-0.4, -0.2) is 11.0 Å². The second-order valence-corrected chi connectivity index (χ2v) is 6.54. The topological polar surface area (TPSA) is 16.1 Å². The molecule has 2 rings (SSSR count). The molecule has 0 aliphatic heterocycles. The summed E-state index contributed by atoms with van der Waals surface area (Å²) in [5, 5.41) is 0. The zero-order valence-electron chi connectivity index (χ0n) is 15.5. The highest BCUT2D eigenvalue weighted by Crippen LogP contribution is 2.33. The largest absolute Gasteiger partial charge is 0.338 e. The fraction of sp³-hybridized carbons (Fsp3) is 0.476. The number of aromatic nitrogens is 1. The van der Waals surface area contributed by atoms with E-state index in [9.17, 15) is 0 Å². The Hall–Kier alpha value is -1.83. The number of aryl methyl sites for hydroxylation is 3. The van der Waals surface area contributed by atoms with E-state index >= 15 is 0 Å². The van der Waals surface area contributed by atoms with Gasteiger partial charge in [-0.05, 0) is 69.9 Å². The highest BCUT2D eigenvalue weighted by Gasteiger charge is 2.19. The summed E-state index contributed by atoms with van der Waals surface area (Å²) >= 11 is 0. The van der Waals surface area contributed by atoms with Crippen LogP contribution in [0.1, 0.15) is 56.1 Å². The van der Waals surface area contributed by atoms with Crippen LogP contribution in [0.3, 0.4) is 0 Å². The van der Waals surface area contributed by atoms with Gasteiger partial charge in [0.1, 0.15) is 0 Å². The minimum absolute atomic E-state index is 0.451. The summed E-state index contributed by atoms with van der Waals surface area (Å²) in [4.78, 5) is 7.07. The van der Waals surface area contributed by atoms with Gasteiger partial charge in [0.15, 0.2) is 0 Å². The third kappa shape index (κ3) is 3.93. The van der Waals surface area contributed by atoms with Crippen molar-refractivity contribution < 1.29 is 0 Å². The lowest BCUT2D eigenvalue weighted by Crippen LogP contribution is -2.28. The Balaban J connectivity index is 2.50. The predicted octanol–water partition coefficient (Wildman–Crippen LogP) is 5.90. The van der Waals surface area contributed by atoms with E-state index in [2.05, 4.69) is 81.8 Å². The summed E-state index contributed by atoms with van der Waals surface area (Å²) in [7, 11) is 0. The Kier molecular flexibility index (Phi) is 5.81. The molecule has 2 aromatic rings. The molecule has 0 N–H and O–H groups in total. The number of anilines is 2. The SMILES string of the molecule is CCCc1ccc(N(c2cc(C)nc(C)c2C)C(C)CC)cc1. The minimum atomic E-state index is 0.451. The summed E-state index contributed by atoms with van der Waals surface area (Å²) in [6.07, 6.45) is 3.45. The molecular weight excluding hydrogens is 280 g/mol. The van der Waals surface area contributed by atoms with Gasteiger partial charge in [-0.15, -0.1) is 0 Å². The zero-order valence-corrected chi connectivity index (χ0v) is 15.5. The lowest BCUT2D eigenvalue weighted by molar-refractivity contribution is 0.685. The maximum Gasteiger partial charge on any atom is 0.0479 e. The average Bonchev–Trinajstić information content (AvgIpc) is 2.53. The van der Waals surface area contributed by atoms with Crippen LogP contribution in [0.4, 0.5) is 11.4 Å². The molecule has 1 atom stereocenters. The summed E-state index contributed by atoms with van der Waals surface area (Å²) in [6.45, 7) is 13.1. The number of hydrogen-bond acceptors (Lipinski definition) is 2. The second kappa shape index (κ2) is 7.63. The van der Waals surface area contributed by atoms with Gasteiger partial charge in [-0.1, -0.05) is 32.4 Å². The number of hydrogen-bond donors (Lipinski definition) is 0. The van der Waals surface area contributed by atoms with Crippen LogP contribution in [0, 0.1) is 20.8 Å². The van der Waals surface area contributed by atoms with Crippen molar-refractivity contribution in [2.24, 2.45) is 0 Å². The Labute approximate surface area is 141 Å². The molecule has 1 heterocycles. The normalized spacial score (nSPS) is 12.3. The van der Waals surface area contributed by atoms with Crippen molar-refractivity contribution >= 4 is 11.4 Å². The average molecular weight is 310 g/mol. The second-order valence-electron chi connectivity index (χ2n) is 6.54. The van der Waals surface area contributed by atoms with E-state index in [1.165, 1.54) is 28.9 Å². The van der Waals surface area contributed by atoms with E-state index in [-0.39, 0.29) is 0 Å². The summed E-state index contributed by atoms with van der Waals surface area (Å²) in [5.74, 6) is 0. The first kappa shape index (κ1) is 17.5. The maximum absolute atomic E-state index is 4.61. The third-order valence-electron chi connectivity index (χ3n) is 4.66. The van der Waals surface area contributed by atoms with E-state index < -0.39 is 0 Å². The highest BCUT2D eigenvalue weighted by atomic mass is 15.2. The maximum atomic E-state index is 4.61. The molecular formula is C21H30N2. The minimum Gasteiger partial charge on any atom is -0.338 e. The fourth-order valence-corrected chi connectivity index (χ4v) is 3.05. The van der Waals surface area contributed by atoms with Gasteiger partial charge in [0.2, 0.25) is 0 Å². The van der Waals surface area contributed by atoms with Gasteiger partial charge >= 0.3 is 0 Å². The van der Waals surface area contributed by atoms with E-state index in [1.807, 2.05) is 0 Å². The first-order valence-electron chi connectivity index (χ1n) is 8.80. The third-order valence-corrected chi connectivity index (χ3v) is 4.66. The van der Waals surface area contributed by atoms with Crippen molar-refractivity contribution in [3.05, 3.63) is 52.8 Å². The number of nitrogens with zero attached hydrogens (tertiary/aromatic N) is 2. The van der Waals surface area contributed by atoms with Crippen molar-refractivity contribution in [3.8, 4) is 0 Å². The molecule has 0 bridgehead atoms. The van der Waals surface area contributed by atoms with Gasteiger partial charge in [0, 0.05) is 28.8 Å². The molecule has 1 aromatic heterocycles. The Bertz CT molecular complexity index is 644. The van der Waals surface area contributed by atoms with Gasteiger partial charge in [0.05, 0.1) is 0 Å². The molecule has 0 spiro atoms. The quantitative estimate of drug-likeness (QED) is 0.660. The van der Waals surface area contributed by atoms with E-state index in [0.717, 1.165) is 24.2 Å². The monoisotopic (exact) mass is 310 g/mol. The smallest absolute Gasteiger partial charge is 0.0479 e. The van der Waals surface area contributed by atoms with Crippen LogP contribution >= 0.6 is 0 Å². The molecule has 2 heteroatoms. The van der Waals surface area contributed by atoms with Crippen molar-refractivity contribution in [1.29, 1.82) is 0 Å². The molecule has 0 amide bonds. The molecule has 0 fully saturated rings. The molecule has 23 heavy (non-hydrogen) atoms. The van der Waals surface area contributed by atoms with Crippen molar-refractivity contribution in [3.63, 3.8) is 0 Å². The van der Waals surface area contributed by atoms with Crippen molar-refractivity contribution in [2.75, 3.05) is 4.90 Å². The summed E-state index contributed by atoms with van der Waals surface area (Å²) < 4.78 is 0.